The number of benzene rings is 2. The van der Waals surface area contributed by atoms with Crippen molar-refractivity contribution in [2.45, 2.75) is 20.3 Å². The third kappa shape index (κ3) is 2.77. The lowest BCUT2D eigenvalue weighted by Gasteiger charge is -2.11. The van der Waals surface area contributed by atoms with E-state index in [1.165, 1.54) is 16.7 Å². The van der Waals surface area contributed by atoms with Crippen LogP contribution < -0.4 is 10.5 Å². The second-order valence-electron chi connectivity index (χ2n) is 5.58. The van der Waals surface area contributed by atoms with Crippen molar-refractivity contribution in [3.05, 3.63) is 76.5 Å². The van der Waals surface area contributed by atoms with Gasteiger partial charge in [0.25, 0.3) is 0 Å². The molecule has 0 spiro atoms. The molecule has 0 aromatic heterocycles. The van der Waals surface area contributed by atoms with Gasteiger partial charge in [-0.3, -0.25) is 0 Å². The summed E-state index contributed by atoms with van der Waals surface area (Å²) in [4.78, 5) is 0. The summed E-state index contributed by atoms with van der Waals surface area (Å²) in [5, 5.41) is 0. The summed E-state index contributed by atoms with van der Waals surface area (Å²) < 4.78 is 5.63. The van der Waals surface area contributed by atoms with Crippen LogP contribution in [0.5, 0.6) is 5.75 Å². The molecule has 3 rings (SSSR count). The molecule has 2 aromatic carbocycles. The molecule has 0 radical (unpaired) electrons. The van der Waals surface area contributed by atoms with Gasteiger partial charge < -0.3 is 10.5 Å². The van der Waals surface area contributed by atoms with Crippen LogP contribution >= 0.6 is 0 Å². The zero-order valence-corrected chi connectivity index (χ0v) is 13.1. The van der Waals surface area contributed by atoms with E-state index < -0.39 is 0 Å². The number of aryl methyl sites for hydroxylation is 1. The Kier molecular flexibility index (Phi) is 4.01. The predicted molar refractivity (Wildman–Crippen MR) is 92.6 cm³/mol. The van der Waals surface area contributed by atoms with Crippen LogP contribution in [0.15, 0.2) is 54.2 Å². The summed E-state index contributed by atoms with van der Waals surface area (Å²) in [5.41, 5.74) is 13.0. The molecule has 0 amide bonds. The number of ether oxygens (including phenoxy) is 1. The topological polar surface area (TPSA) is 35.2 Å². The first-order valence-corrected chi connectivity index (χ1v) is 7.64. The first-order valence-electron chi connectivity index (χ1n) is 7.64. The van der Waals surface area contributed by atoms with Crippen LogP contribution in [0.4, 0.5) is 0 Å². The fourth-order valence-electron chi connectivity index (χ4n) is 2.88. The Morgan fingerprint density at radius 1 is 1.18 bits per heavy atom. The molecule has 2 heteroatoms. The van der Waals surface area contributed by atoms with Crippen molar-refractivity contribution in [2.24, 2.45) is 5.73 Å². The molecule has 112 valence electrons. The van der Waals surface area contributed by atoms with Crippen molar-refractivity contribution >= 4 is 11.6 Å². The van der Waals surface area contributed by atoms with E-state index in [1.54, 1.807) is 0 Å². The molecule has 0 aliphatic carbocycles. The van der Waals surface area contributed by atoms with Gasteiger partial charge in [-0.2, -0.15) is 0 Å². The first-order chi connectivity index (χ1) is 10.7. The third-order valence-electron chi connectivity index (χ3n) is 4.08. The SMILES string of the molecule is C/C=C(/C(N)=C/c1ccc2c(c1)OCC2)c1ccccc1C. The lowest BCUT2D eigenvalue weighted by molar-refractivity contribution is 0.357. The summed E-state index contributed by atoms with van der Waals surface area (Å²) in [6.07, 6.45) is 5.08. The predicted octanol–water partition coefficient (Wildman–Crippen LogP) is 4.33. The lowest BCUT2D eigenvalue weighted by Crippen LogP contribution is -2.02. The van der Waals surface area contributed by atoms with Gasteiger partial charge in [-0.15, -0.1) is 0 Å². The molecule has 0 unspecified atom stereocenters. The van der Waals surface area contributed by atoms with Gasteiger partial charge >= 0.3 is 0 Å². The molecule has 1 aliphatic heterocycles. The molecule has 0 saturated carbocycles. The highest BCUT2D eigenvalue weighted by molar-refractivity contribution is 5.84. The van der Waals surface area contributed by atoms with Crippen LogP contribution in [0.25, 0.3) is 11.6 Å². The van der Waals surface area contributed by atoms with Crippen molar-refractivity contribution in [3.8, 4) is 5.75 Å². The second-order valence-corrected chi connectivity index (χ2v) is 5.58. The normalized spacial score (nSPS) is 14.6. The quantitative estimate of drug-likeness (QED) is 0.854. The van der Waals surface area contributed by atoms with E-state index in [0.717, 1.165) is 35.6 Å². The number of allylic oxidation sites excluding steroid dienone is 2. The van der Waals surface area contributed by atoms with Crippen molar-refractivity contribution in [3.63, 3.8) is 0 Å². The minimum atomic E-state index is 0.773. The maximum Gasteiger partial charge on any atom is 0.123 e. The molecular weight excluding hydrogens is 270 g/mol. The molecule has 2 nitrogen and oxygen atoms in total. The van der Waals surface area contributed by atoms with Gasteiger partial charge in [-0.25, -0.2) is 0 Å². The van der Waals surface area contributed by atoms with Crippen LogP contribution in [0, 0.1) is 6.92 Å². The van der Waals surface area contributed by atoms with Crippen molar-refractivity contribution < 1.29 is 4.74 Å². The summed E-state index contributed by atoms with van der Waals surface area (Å²) in [6, 6.07) is 14.6. The number of rotatable bonds is 3. The van der Waals surface area contributed by atoms with Gasteiger partial charge in [0.1, 0.15) is 5.75 Å². The van der Waals surface area contributed by atoms with E-state index in [0.29, 0.717) is 0 Å². The Hall–Kier alpha value is -2.48. The highest BCUT2D eigenvalue weighted by Crippen LogP contribution is 2.29. The van der Waals surface area contributed by atoms with Crippen LogP contribution in [0.2, 0.25) is 0 Å². The van der Waals surface area contributed by atoms with Gasteiger partial charge in [0.15, 0.2) is 0 Å². The van der Waals surface area contributed by atoms with Gasteiger partial charge in [0, 0.05) is 17.7 Å². The van der Waals surface area contributed by atoms with Crippen LogP contribution in [-0.4, -0.2) is 6.61 Å². The van der Waals surface area contributed by atoms with E-state index in [-0.39, 0.29) is 0 Å². The molecular formula is C20H21NO. The van der Waals surface area contributed by atoms with Crippen molar-refractivity contribution in [2.75, 3.05) is 6.61 Å². The molecule has 0 atom stereocenters. The number of hydrogen-bond acceptors (Lipinski definition) is 2. The Labute approximate surface area is 131 Å². The average molecular weight is 291 g/mol. The van der Waals surface area contributed by atoms with Crippen LogP contribution in [0.1, 0.15) is 29.2 Å². The minimum absolute atomic E-state index is 0.773. The summed E-state index contributed by atoms with van der Waals surface area (Å²) in [5.74, 6) is 0.986. The van der Waals surface area contributed by atoms with E-state index in [2.05, 4.69) is 43.3 Å². The molecule has 2 aromatic rings. The maximum absolute atomic E-state index is 6.36. The maximum atomic E-state index is 6.36. The van der Waals surface area contributed by atoms with Crippen LogP contribution in [-0.2, 0) is 6.42 Å². The smallest absolute Gasteiger partial charge is 0.123 e. The van der Waals surface area contributed by atoms with Gasteiger partial charge in [0.05, 0.1) is 6.61 Å². The fraction of sp³-hybridized carbons (Fsp3) is 0.200. The highest BCUT2D eigenvalue weighted by atomic mass is 16.5. The van der Waals surface area contributed by atoms with Gasteiger partial charge in [-0.1, -0.05) is 42.5 Å². The van der Waals surface area contributed by atoms with E-state index in [9.17, 15) is 0 Å². The molecule has 22 heavy (non-hydrogen) atoms. The van der Waals surface area contributed by atoms with Gasteiger partial charge in [-0.05, 0) is 48.2 Å². The summed E-state index contributed by atoms with van der Waals surface area (Å²) >= 11 is 0. The Bertz CT molecular complexity index is 756. The molecule has 1 aliphatic rings. The average Bonchev–Trinajstić information content (AvgIpc) is 2.97. The van der Waals surface area contributed by atoms with E-state index in [4.69, 9.17) is 10.5 Å². The van der Waals surface area contributed by atoms with Crippen molar-refractivity contribution in [1.29, 1.82) is 0 Å². The number of nitrogens with two attached hydrogens (primary N) is 1. The first kappa shape index (κ1) is 14.5. The minimum Gasteiger partial charge on any atom is -0.493 e. The monoisotopic (exact) mass is 291 g/mol. The Balaban J connectivity index is 1.95. The standard InChI is InChI=1S/C20H21NO/c1-3-17(18-7-5-4-6-14(18)2)19(21)12-15-8-9-16-10-11-22-20(16)13-15/h3-9,12-13H,10-11,21H2,1-2H3/b17-3+,19-12-. The highest BCUT2D eigenvalue weighted by Gasteiger charge is 2.12. The Morgan fingerprint density at radius 3 is 2.77 bits per heavy atom. The van der Waals surface area contributed by atoms with Crippen LogP contribution in [0.3, 0.4) is 0 Å². The molecule has 1 heterocycles. The van der Waals surface area contributed by atoms with Crippen molar-refractivity contribution in [1.82, 2.24) is 0 Å². The number of fused-ring (bicyclic) bond motifs is 1. The zero-order valence-electron chi connectivity index (χ0n) is 13.1. The van der Waals surface area contributed by atoms with E-state index in [1.807, 2.05) is 25.1 Å². The van der Waals surface area contributed by atoms with Gasteiger partial charge in [0.2, 0.25) is 0 Å². The number of hydrogen-bond donors (Lipinski definition) is 1. The molecule has 0 bridgehead atoms. The fourth-order valence-corrected chi connectivity index (χ4v) is 2.88. The summed E-state index contributed by atoms with van der Waals surface area (Å²) in [7, 11) is 0. The third-order valence-corrected chi connectivity index (χ3v) is 4.08. The largest absolute Gasteiger partial charge is 0.493 e. The zero-order chi connectivity index (χ0) is 15.5. The molecule has 2 N–H and O–H groups in total. The Morgan fingerprint density at radius 2 is 2.00 bits per heavy atom. The molecule has 0 fully saturated rings. The molecule has 0 saturated heterocycles. The lowest BCUT2D eigenvalue weighted by atomic mass is 9.97. The second kappa shape index (κ2) is 6.10. The van der Waals surface area contributed by atoms with E-state index >= 15 is 0 Å². The summed E-state index contributed by atoms with van der Waals surface area (Å²) in [6.45, 7) is 4.91.